The Morgan fingerprint density at radius 1 is 0.884 bits per heavy atom. The zero-order valence-electron chi connectivity index (χ0n) is 25.5. The first-order valence-electron chi connectivity index (χ1n) is 16.0. The molecule has 3 heterocycles. The molecule has 1 saturated heterocycles. The van der Waals surface area contributed by atoms with E-state index in [9.17, 15) is 9.59 Å². The van der Waals surface area contributed by atoms with Crippen molar-refractivity contribution >= 4 is 44.0 Å². The van der Waals surface area contributed by atoms with Crippen molar-refractivity contribution in [3.63, 3.8) is 0 Å². The molecule has 0 bridgehead atoms. The first-order valence-corrected chi connectivity index (χ1v) is 16.9. The molecular weight excluding hydrogens is 558 g/mol. The van der Waals surface area contributed by atoms with E-state index >= 15 is 0 Å². The number of benzene rings is 2. The number of esters is 1. The molecule has 7 nitrogen and oxygen atoms in total. The van der Waals surface area contributed by atoms with Gasteiger partial charge in [-0.15, -0.1) is 11.3 Å². The molecular formula is C35H45N3O4S. The smallest absolute Gasteiger partial charge is 0.307 e. The molecule has 1 aliphatic heterocycles. The highest BCUT2D eigenvalue weighted by Gasteiger charge is 2.18. The molecule has 43 heavy (non-hydrogen) atoms. The summed E-state index contributed by atoms with van der Waals surface area (Å²) < 4.78 is 14.4. The zero-order valence-corrected chi connectivity index (χ0v) is 26.3. The molecule has 8 heteroatoms. The Morgan fingerprint density at radius 2 is 1.70 bits per heavy atom. The van der Waals surface area contributed by atoms with Crippen LogP contribution in [0.3, 0.4) is 0 Å². The molecule has 1 fully saturated rings. The van der Waals surface area contributed by atoms with Crippen molar-refractivity contribution in [2.75, 3.05) is 44.2 Å². The lowest BCUT2D eigenvalue weighted by atomic mass is 10.1. The minimum Gasteiger partial charge on any atom is -0.494 e. The van der Waals surface area contributed by atoms with Crippen LogP contribution in [0.5, 0.6) is 5.75 Å². The molecule has 4 aromatic rings. The Kier molecular flexibility index (Phi) is 11.5. The summed E-state index contributed by atoms with van der Waals surface area (Å²) in [6.07, 6.45) is 9.11. The number of carbonyl (C=O) groups is 1. The number of nitrogens with zero attached hydrogens (tertiary/aromatic N) is 3. The maximum Gasteiger partial charge on any atom is 0.307 e. The van der Waals surface area contributed by atoms with Gasteiger partial charge in [-0.3, -0.25) is 19.1 Å². The second kappa shape index (κ2) is 15.9. The number of rotatable bonds is 16. The van der Waals surface area contributed by atoms with Crippen molar-refractivity contribution in [3.05, 3.63) is 70.3 Å². The highest BCUT2D eigenvalue weighted by atomic mass is 32.1. The zero-order chi connectivity index (χ0) is 29.9. The molecule has 5 rings (SSSR count). The van der Waals surface area contributed by atoms with Crippen molar-refractivity contribution < 1.29 is 14.3 Å². The predicted octanol–water partition coefficient (Wildman–Crippen LogP) is 7.45. The molecule has 0 amide bonds. The summed E-state index contributed by atoms with van der Waals surface area (Å²) in [6, 6.07) is 18.0. The topological polar surface area (TPSA) is 64.0 Å². The maximum atomic E-state index is 12.6. The lowest BCUT2D eigenvalue weighted by Crippen LogP contribution is -2.46. The molecule has 0 atom stereocenters. The van der Waals surface area contributed by atoms with Crippen molar-refractivity contribution in [1.29, 1.82) is 0 Å². The Labute approximate surface area is 259 Å². The van der Waals surface area contributed by atoms with Crippen LogP contribution in [0.4, 0.5) is 5.69 Å². The van der Waals surface area contributed by atoms with E-state index in [-0.39, 0.29) is 18.3 Å². The van der Waals surface area contributed by atoms with Gasteiger partial charge in [0.1, 0.15) is 5.75 Å². The number of carbonyl (C=O) groups excluding carboxylic acids is 1. The van der Waals surface area contributed by atoms with Gasteiger partial charge in [-0.2, -0.15) is 0 Å². The molecule has 2 aromatic carbocycles. The Hall–Kier alpha value is -3.36. The fourth-order valence-corrected chi connectivity index (χ4v) is 6.65. The molecule has 1 aliphatic rings. The van der Waals surface area contributed by atoms with Gasteiger partial charge in [0.15, 0.2) is 6.73 Å². The van der Waals surface area contributed by atoms with Gasteiger partial charge in [0.2, 0.25) is 0 Å². The van der Waals surface area contributed by atoms with Crippen LogP contribution in [0.25, 0.3) is 21.0 Å². The summed E-state index contributed by atoms with van der Waals surface area (Å²) in [5, 5.41) is 4.46. The SMILES string of the molecule is CCCCCCCCC(=O)OCn1c(=O)ccc2ccc(OCCCCN3CCN(c4cccc5sccc45)CC3)cc21. The number of piperazine rings is 1. The number of anilines is 1. The summed E-state index contributed by atoms with van der Waals surface area (Å²) in [6.45, 7) is 8.07. The average molecular weight is 604 g/mol. The van der Waals surface area contributed by atoms with Gasteiger partial charge in [0, 0.05) is 60.5 Å². The van der Waals surface area contributed by atoms with Crippen LogP contribution >= 0.6 is 11.3 Å². The standard InChI is InChI=1S/C35H45N3O4S/c1-2-3-4-5-6-7-13-35(40)42-27-38-32-26-29(16-14-28(32)15-17-34(38)39)41-24-9-8-19-36-20-22-37(23-21-36)31-11-10-12-33-30(31)18-25-43-33/h10-12,14-18,25-26H,2-9,13,19-24,27H2,1H3. The van der Waals surface area contributed by atoms with E-state index in [1.165, 1.54) is 45.7 Å². The van der Waals surface area contributed by atoms with Gasteiger partial charge in [0.25, 0.3) is 5.56 Å². The van der Waals surface area contributed by atoms with Gasteiger partial charge in [0.05, 0.1) is 12.1 Å². The Morgan fingerprint density at radius 3 is 2.56 bits per heavy atom. The van der Waals surface area contributed by atoms with Crippen molar-refractivity contribution in [3.8, 4) is 5.75 Å². The lowest BCUT2D eigenvalue weighted by Gasteiger charge is -2.36. The summed E-state index contributed by atoms with van der Waals surface area (Å²) >= 11 is 1.81. The number of pyridine rings is 1. The second-order valence-corrected chi connectivity index (χ2v) is 12.4. The molecule has 0 N–H and O–H groups in total. The maximum absolute atomic E-state index is 12.6. The Bertz CT molecular complexity index is 1520. The fourth-order valence-electron chi connectivity index (χ4n) is 5.84. The van der Waals surface area contributed by atoms with E-state index in [1.54, 1.807) is 6.07 Å². The van der Waals surface area contributed by atoms with Crippen LogP contribution in [0.1, 0.15) is 64.7 Å². The van der Waals surface area contributed by atoms with Gasteiger partial charge in [-0.25, -0.2) is 0 Å². The van der Waals surface area contributed by atoms with Crippen molar-refractivity contribution in [1.82, 2.24) is 9.47 Å². The normalized spacial score (nSPS) is 14.0. The Balaban J connectivity index is 1.04. The number of fused-ring (bicyclic) bond motifs is 2. The number of ether oxygens (including phenoxy) is 2. The summed E-state index contributed by atoms with van der Waals surface area (Å²) in [7, 11) is 0. The highest BCUT2D eigenvalue weighted by Crippen LogP contribution is 2.31. The molecule has 2 aromatic heterocycles. The third kappa shape index (κ3) is 8.61. The van der Waals surface area contributed by atoms with Gasteiger partial charge >= 0.3 is 5.97 Å². The average Bonchev–Trinajstić information content (AvgIpc) is 3.52. The molecule has 230 valence electrons. The van der Waals surface area contributed by atoms with E-state index in [0.29, 0.717) is 18.5 Å². The van der Waals surface area contributed by atoms with Crippen LogP contribution in [0.15, 0.2) is 64.8 Å². The predicted molar refractivity (Wildman–Crippen MR) is 177 cm³/mol. The van der Waals surface area contributed by atoms with Crippen LogP contribution in [-0.4, -0.2) is 54.8 Å². The van der Waals surface area contributed by atoms with Crippen LogP contribution in [-0.2, 0) is 16.3 Å². The summed E-state index contributed by atoms with van der Waals surface area (Å²) in [5.74, 6) is 0.467. The largest absolute Gasteiger partial charge is 0.494 e. The van der Waals surface area contributed by atoms with Crippen LogP contribution in [0.2, 0.25) is 0 Å². The third-order valence-electron chi connectivity index (χ3n) is 8.38. The van der Waals surface area contributed by atoms with Crippen molar-refractivity contribution in [2.24, 2.45) is 0 Å². The lowest BCUT2D eigenvalue weighted by molar-refractivity contribution is -0.147. The third-order valence-corrected chi connectivity index (χ3v) is 9.26. The van der Waals surface area contributed by atoms with Crippen LogP contribution in [0, 0.1) is 0 Å². The van der Waals surface area contributed by atoms with E-state index in [0.717, 1.165) is 76.0 Å². The number of hydrogen-bond acceptors (Lipinski definition) is 7. The first-order chi connectivity index (χ1) is 21.1. The second-order valence-electron chi connectivity index (χ2n) is 11.5. The molecule has 0 radical (unpaired) electrons. The van der Waals surface area contributed by atoms with Crippen molar-refractivity contribution in [2.45, 2.75) is 71.4 Å². The number of aromatic nitrogens is 1. The monoisotopic (exact) mass is 603 g/mol. The highest BCUT2D eigenvalue weighted by molar-refractivity contribution is 7.17. The molecule has 0 aliphatic carbocycles. The first kappa shape index (κ1) is 31.1. The fraction of sp³-hybridized carbons (Fsp3) is 0.486. The van der Waals surface area contributed by atoms with Crippen LogP contribution < -0.4 is 15.2 Å². The number of hydrogen-bond donors (Lipinski definition) is 0. The van der Waals surface area contributed by atoms with E-state index in [1.807, 2.05) is 29.5 Å². The number of thiophene rings is 1. The quantitative estimate of drug-likeness (QED) is 0.0979. The van der Waals surface area contributed by atoms with Gasteiger partial charge in [-0.1, -0.05) is 45.1 Å². The number of unbranched alkanes of at least 4 members (excludes halogenated alkanes) is 6. The van der Waals surface area contributed by atoms with E-state index in [2.05, 4.69) is 46.4 Å². The minimum absolute atomic E-state index is 0.0794. The summed E-state index contributed by atoms with van der Waals surface area (Å²) in [5.41, 5.74) is 1.89. The minimum atomic E-state index is -0.256. The van der Waals surface area contributed by atoms with Gasteiger partial charge < -0.3 is 14.4 Å². The van der Waals surface area contributed by atoms with Gasteiger partial charge in [-0.05, 0) is 73.0 Å². The van der Waals surface area contributed by atoms with E-state index in [4.69, 9.17) is 9.47 Å². The molecule has 0 spiro atoms. The molecule has 0 saturated carbocycles. The van der Waals surface area contributed by atoms with E-state index < -0.39 is 0 Å². The summed E-state index contributed by atoms with van der Waals surface area (Å²) in [4.78, 5) is 30.0. The molecule has 0 unspecified atom stereocenters.